The monoisotopic (exact) mass is 382 g/mol. The van der Waals surface area contributed by atoms with Gasteiger partial charge in [0.25, 0.3) is 11.5 Å². The van der Waals surface area contributed by atoms with Crippen LogP contribution in [-0.4, -0.2) is 40.6 Å². The SMILES string of the molecule is C=C(/C=C\C(F)=C/C)CNC(=O)c1nc[nH]c(=O)c1O.CC.CNC(C)C. The highest BCUT2D eigenvalue weighted by Gasteiger charge is 2.14. The minimum atomic E-state index is -0.806. The van der Waals surface area contributed by atoms with Gasteiger partial charge in [-0.05, 0) is 25.6 Å². The number of carbonyl (C=O) groups excluding carboxylic acids is 1. The van der Waals surface area contributed by atoms with Gasteiger partial charge in [0, 0.05) is 12.6 Å². The maximum absolute atomic E-state index is 12.8. The van der Waals surface area contributed by atoms with Crippen LogP contribution in [0.2, 0.25) is 0 Å². The number of aromatic hydroxyl groups is 1. The van der Waals surface area contributed by atoms with Gasteiger partial charge >= 0.3 is 0 Å². The molecule has 0 spiro atoms. The van der Waals surface area contributed by atoms with E-state index in [1.165, 1.54) is 18.2 Å². The molecule has 8 heteroatoms. The van der Waals surface area contributed by atoms with Crippen LogP contribution in [0.15, 0.2) is 47.3 Å². The van der Waals surface area contributed by atoms with Gasteiger partial charge in [0.1, 0.15) is 5.83 Å². The molecule has 0 saturated heterocycles. The normalized spacial score (nSPS) is 10.6. The molecule has 0 aliphatic rings. The highest BCUT2D eigenvalue weighted by molar-refractivity contribution is 5.94. The highest BCUT2D eigenvalue weighted by Crippen LogP contribution is 2.06. The molecule has 0 aromatic carbocycles. The Morgan fingerprint density at radius 3 is 2.44 bits per heavy atom. The number of allylic oxidation sites excluding steroid dienone is 3. The zero-order valence-corrected chi connectivity index (χ0v) is 16.9. The summed E-state index contributed by atoms with van der Waals surface area (Å²) in [5.74, 6) is -1.91. The lowest BCUT2D eigenvalue weighted by Crippen LogP contribution is -2.27. The number of hydrogen-bond donors (Lipinski definition) is 4. The molecule has 1 aromatic rings. The Hall–Kier alpha value is -2.74. The molecule has 0 aliphatic heterocycles. The first kappa shape index (κ1) is 26.5. The largest absolute Gasteiger partial charge is 0.501 e. The first-order chi connectivity index (χ1) is 12.7. The van der Waals surface area contributed by atoms with Crippen molar-refractivity contribution in [3.63, 3.8) is 0 Å². The number of amides is 1. The van der Waals surface area contributed by atoms with E-state index in [1.54, 1.807) is 6.92 Å². The predicted octanol–water partition coefficient (Wildman–Crippen LogP) is 2.83. The third-order valence-electron chi connectivity index (χ3n) is 2.85. The number of carbonyl (C=O) groups is 1. The smallest absolute Gasteiger partial charge is 0.293 e. The summed E-state index contributed by atoms with van der Waals surface area (Å²) in [5.41, 5.74) is -0.746. The van der Waals surface area contributed by atoms with Crippen molar-refractivity contribution < 1.29 is 14.3 Å². The first-order valence-corrected chi connectivity index (χ1v) is 8.62. The molecule has 7 nitrogen and oxygen atoms in total. The van der Waals surface area contributed by atoms with E-state index in [2.05, 4.69) is 41.0 Å². The van der Waals surface area contributed by atoms with Gasteiger partial charge in [-0.25, -0.2) is 9.37 Å². The molecule has 0 bridgehead atoms. The molecule has 4 N–H and O–H groups in total. The molecule has 0 fully saturated rings. The number of H-pyrrole nitrogens is 1. The van der Waals surface area contributed by atoms with E-state index in [9.17, 15) is 19.1 Å². The van der Waals surface area contributed by atoms with Crippen LogP contribution in [0.4, 0.5) is 4.39 Å². The fraction of sp³-hybridized carbons (Fsp3) is 0.421. The predicted molar refractivity (Wildman–Crippen MR) is 108 cm³/mol. The van der Waals surface area contributed by atoms with Gasteiger partial charge < -0.3 is 20.7 Å². The first-order valence-electron chi connectivity index (χ1n) is 8.62. The van der Waals surface area contributed by atoms with Crippen LogP contribution >= 0.6 is 0 Å². The van der Waals surface area contributed by atoms with Crippen LogP contribution in [0.25, 0.3) is 0 Å². The summed E-state index contributed by atoms with van der Waals surface area (Å²) in [6, 6.07) is 0.634. The standard InChI is InChI=1S/C13H14FN3O3.C4H11N.C2H6/c1-3-9(14)5-4-8(2)6-15-12(19)10-11(18)13(20)17-7-16-10;1-4(2)5-3;1-2/h3-5,7,18H,2,6H2,1H3,(H,15,19)(H,16,17,20);4-5H,1-3H3;1-2H3/b5-4-,9-3+;;. The Bertz CT molecular complexity index is 694. The summed E-state index contributed by atoms with van der Waals surface area (Å²) in [5, 5.41) is 14.8. The number of halogens is 1. The van der Waals surface area contributed by atoms with E-state index in [1.807, 2.05) is 20.9 Å². The van der Waals surface area contributed by atoms with Crippen molar-refractivity contribution in [1.29, 1.82) is 0 Å². The third-order valence-corrected chi connectivity index (χ3v) is 2.85. The molecule has 27 heavy (non-hydrogen) atoms. The average Bonchev–Trinajstić information content (AvgIpc) is 2.68. The van der Waals surface area contributed by atoms with Gasteiger partial charge in [0.2, 0.25) is 5.75 Å². The van der Waals surface area contributed by atoms with Gasteiger partial charge in [-0.2, -0.15) is 0 Å². The number of aromatic amines is 1. The molecule has 1 heterocycles. The number of rotatable bonds is 6. The Morgan fingerprint density at radius 2 is 1.96 bits per heavy atom. The van der Waals surface area contributed by atoms with E-state index < -0.39 is 23.0 Å². The molecule has 0 aliphatic carbocycles. The van der Waals surface area contributed by atoms with Crippen LogP contribution in [0.1, 0.15) is 45.1 Å². The summed E-state index contributed by atoms with van der Waals surface area (Å²) in [7, 11) is 1.95. The number of aromatic nitrogens is 2. The van der Waals surface area contributed by atoms with Crippen LogP contribution in [-0.2, 0) is 0 Å². The molecule has 1 rings (SSSR count). The zero-order chi connectivity index (χ0) is 21.4. The van der Waals surface area contributed by atoms with Crippen LogP contribution in [0.3, 0.4) is 0 Å². The minimum absolute atomic E-state index is 0.0280. The molecule has 1 aromatic heterocycles. The summed E-state index contributed by atoms with van der Waals surface area (Å²) >= 11 is 0. The second kappa shape index (κ2) is 15.5. The summed E-state index contributed by atoms with van der Waals surface area (Å²) in [4.78, 5) is 28.5. The maximum atomic E-state index is 12.8. The van der Waals surface area contributed by atoms with Gasteiger partial charge in [-0.3, -0.25) is 9.59 Å². The lowest BCUT2D eigenvalue weighted by Gasteiger charge is -2.05. The van der Waals surface area contributed by atoms with Crippen molar-refractivity contribution in [2.75, 3.05) is 13.6 Å². The quantitative estimate of drug-likeness (QED) is 0.566. The molecule has 0 saturated carbocycles. The van der Waals surface area contributed by atoms with Crippen molar-refractivity contribution in [3.05, 3.63) is 58.6 Å². The van der Waals surface area contributed by atoms with E-state index in [0.29, 0.717) is 11.6 Å². The van der Waals surface area contributed by atoms with Crippen molar-refractivity contribution in [2.24, 2.45) is 0 Å². The highest BCUT2D eigenvalue weighted by atomic mass is 19.1. The van der Waals surface area contributed by atoms with E-state index >= 15 is 0 Å². The molecular formula is C19H31FN4O3. The maximum Gasteiger partial charge on any atom is 0.293 e. The topological polar surface area (TPSA) is 107 Å². The van der Waals surface area contributed by atoms with Crippen LogP contribution in [0, 0.1) is 0 Å². The molecule has 152 valence electrons. The Kier molecular flexibility index (Phi) is 15.2. The summed E-state index contributed by atoms with van der Waals surface area (Å²) in [6.07, 6.45) is 4.89. The molecule has 0 radical (unpaired) electrons. The lowest BCUT2D eigenvalue weighted by molar-refractivity contribution is 0.0949. The van der Waals surface area contributed by atoms with Crippen molar-refractivity contribution >= 4 is 5.91 Å². The number of nitrogens with one attached hydrogen (secondary N) is 3. The van der Waals surface area contributed by atoms with Crippen molar-refractivity contribution in [1.82, 2.24) is 20.6 Å². The Balaban J connectivity index is 0. The van der Waals surface area contributed by atoms with Crippen LogP contribution in [0.5, 0.6) is 5.75 Å². The number of nitrogens with zero attached hydrogens (tertiary/aromatic N) is 1. The van der Waals surface area contributed by atoms with Crippen molar-refractivity contribution in [2.45, 2.75) is 40.7 Å². The average molecular weight is 382 g/mol. The molecule has 0 atom stereocenters. The van der Waals surface area contributed by atoms with Crippen LogP contribution < -0.4 is 16.2 Å². The molecule has 0 unspecified atom stereocenters. The summed E-state index contributed by atoms with van der Waals surface area (Å²) < 4.78 is 12.8. The minimum Gasteiger partial charge on any atom is -0.501 e. The second-order valence-electron chi connectivity index (χ2n) is 5.22. The van der Waals surface area contributed by atoms with Crippen molar-refractivity contribution in [3.8, 4) is 5.75 Å². The van der Waals surface area contributed by atoms with E-state index in [-0.39, 0.29) is 12.2 Å². The van der Waals surface area contributed by atoms with E-state index in [4.69, 9.17) is 0 Å². The van der Waals surface area contributed by atoms with E-state index in [0.717, 1.165) is 6.33 Å². The Morgan fingerprint density at radius 1 is 1.41 bits per heavy atom. The third kappa shape index (κ3) is 12.3. The second-order valence-corrected chi connectivity index (χ2v) is 5.22. The zero-order valence-electron chi connectivity index (χ0n) is 16.9. The van der Waals surface area contributed by atoms with Gasteiger partial charge in [-0.15, -0.1) is 0 Å². The van der Waals surface area contributed by atoms with Gasteiger partial charge in [0.15, 0.2) is 5.69 Å². The summed E-state index contributed by atoms with van der Waals surface area (Å²) in [6.45, 7) is 13.4. The Labute approximate surface area is 160 Å². The molecule has 1 amide bonds. The fourth-order valence-electron chi connectivity index (χ4n) is 1.19. The number of hydrogen-bond acceptors (Lipinski definition) is 5. The van der Waals surface area contributed by atoms with Gasteiger partial charge in [-0.1, -0.05) is 46.4 Å². The molecular weight excluding hydrogens is 351 g/mol. The van der Waals surface area contributed by atoms with Gasteiger partial charge in [0.05, 0.1) is 6.33 Å². The lowest BCUT2D eigenvalue weighted by atomic mass is 10.2. The fourth-order valence-corrected chi connectivity index (χ4v) is 1.19.